The molecule has 1 aliphatic heterocycles. The third-order valence-corrected chi connectivity index (χ3v) is 4.89. The standard InChI is InChI=1S/C17H20ClN5OS/c1-2-19-17(25)22-10-8-21(9-11-22)14-12-20-23(16(24)15(14)18)13-6-4-3-5-7-13/h3-7,12H,2,8-11H2,1H3,(H,19,25). The molecule has 2 heterocycles. The summed E-state index contributed by atoms with van der Waals surface area (Å²) in [6.45, 7) is 5.87. The van der Waals surface area contributed by atoms with Gasteiger partial charge in [0.05, 0.1) is 17.6 Å². The van der Waals surface area contributed by atoms with Gasteiger partial charge in [-0.2, -0.15) is 9.78 Å². The second-order valence-corrected chi connectivity index (χ2v) is 6.47. The van der Waals surface area contributed by atoms with Crippen LogP contribution in [0.2, 0.25) is 5.02 Å². The number of benzene rings is 1. The number of piperazine rings is 1. The van der Waals surface area contributed by atoms with Crippen molar-refractivity contribution in [3.63, 3.8) is 0 Å². The molecule has 0 saturated carbocycles. The van der Waals surface area contributed by atoms with Crippen molar-refractivity contribution in [2.24, 2.45) is 0 Å². The van der Waals surface area contributed by atoms with Crippen molar-refractivity contribution >= 4 is 34.6 Å². The van der Waals surface area contributed by atoms with Crippen molar-refractivity contribution < 1.29 is 0 Å². The Morgan fingerprint density at radius 2 is 1.92 bits per heavy atom. The molecule has 0 bridgehead atoms. The molecule has 1 N–H and O–H groups in total. The lowest BCUT2D eigenvalue weighted by molar-refractivity contribution is 0.381. The molecule has 132 valence electrons. The minimum atomic E-state index is -0.309. The van der Waals surface area contributed by atoms with Crippen LogP contribution in [0, 0.1) is 0 Å². The van der Waals surface area contributed by atoms with Crippen LogP contribution in [-0.4, -0.2) is 52.5 Å². The first-order valence-electron chi connectivity index (χ1n) is 8.22. The summed E-state index contributed by atoms with van der Waals surface area (Å²) in [4.78, 5) is 16.8. The van der Waals surface area contributed by atoms with E-state index in [1.807, 2.05) is 37.3 Å². The zero-order valence-corrected chi connectivity index (χ0v) is 15.6. The summed E-state index contributed by atoms with van der Waals surface area (Å²) < 4.78 is 1.32. The molecule has 0 radical (unpaired) electrons. The average Bonchev–Trinajstić information content (AvgIpc) is 2.65. The SMILES string of the molecule is CCNC(=S)N1CCN(c2cnn(-c3ccccc3)c(=O)c2Cl)CC1. The minimum Gasteiger partial charge on any atom is -0.365 e. The second-order valence-electron chi connectivity index (χ2n) is 5.71. The number of thiocarbonyl (C=S) groups is 1. The predicted molar refractivity (Wildman–Crippen MR) is 105 cm³/mol. The molecule has 1 aromatic carbocycles. The first-order valence-corrected chi connectivity index (χ1v) is 9.01. The Labute approximate surface area is 157 Å². The highest BCUT2D eigenvalue weighted by atomic mass is 35.5. The number of hydrogen-bond acceptors (Lipinski definition) is 4. The molecule has 25 heavy (non-hydrogen) atoms. The lowest BCUT2D eigenvalue weighted by atomic mass is 10.3. The van der Waals surface area contributed by atoms with E-state index in [1.54, 1.807) is 6.20 Å². The molecule has 1 aliphatic rings. The van der Waals surface area contributed by atoms with Crippen molar-refractivity contribution in [3.05, 3.63) is 51.9 Å². The summed E-state index contributed by atoms with van der Waals surface area (Å²) in [7, 11) is 0. The van der Waals surface area contributed by atoms with Gasteiger partial charge in [-0.25, -0.2) is 0 Å². The minimum absolute atomic E-state index is 0.196. The van der Waals surface area contributed by atoms with E-state index in [9.17, 15) is 4.79 Å². The van der Waals surface area contributed by atoms with Crippen LogP contribution < -0.4 is 15.8 Å². The Hall–Kier alpha value is -2.12. The van der Waals surface area contributed by atoms with E-state index in [1.165, 1.54) is 4.68 Å². The second kappa shape index (κ2) is 7.84. The topological polar surface area (TPSA) is 53.4 Å². The number of halogens is 1. The molecule has 0 amide bonds. The Morgan fingerprint density at radius 1 is 1.24 bits per heavy atom. The molecular formula is C17H20ClN5OS. The van der Waals surface area contributed by atoms with Gasteiger partial charge >= 0.3 is 0 Å². The molecule has 6 nitrogen and oxygen atoms in total. The maximum atomic E-state index is 12.6. The Balaban J connectivity index is 1.78. The highest BCUT2D eigenvalue weighted by Crippen LogP contribution is 2.23. The fourth-order valence-electron chi connectivity index (χ4n) is 2.81. The first kappa shape index (κ1) is 17.7. The van der Waals surface area contributed by atoms with Gasteiger partial charge in [-0.05, 0) is 31.3 Å². The molecule has 1 aromatic heterocycles. The maximum absolute atomic E-state index is 12.6. The Kier molecular flexibility index (Phi) is 5.55. The van der Waals surface area contributed by atoms with Crippen LogP contribution in [0.1, 0.15) is 6.92 Å². The van der Waals surface area contributed by atoms with Crippen molar-refractivity contribution in [1.82, 2.24) is 20.0 Å². The van der Waals surface area contributed by atoms with E-state index >= 15 is 0 Å². The van der Waals surface area contributed by atoms with Gasteiger partial charge < -0.3 is 15.1 Å². The van der Waals surface area contributed by atoms with Crippen molar-refractivity contribution in [1.29, 1.82) is 0 Å². The Bertz CT molecular complexity index is 802. The normalized spacial score (nSPS) is 14.5. The maximum Gasteiger partial charge on any atom is 0.292 e. The van der Waals surface area contributed by atoms with Gasteiger partial charge in [-0.1, -0.05) is 29.8 Å². The summed E-state index contributed by atoms with van der Waals surface area (Å²) in [6.07, 6.45) is 1.66. The van der Waals surface area contributed by atoms with Gasteiger partial charge in [-0.15, -0.1) is 0 Å². The summed E-state index contributed by atoms with van der Waals surface area (Å²) >= 11 is 11.7. The van der Waals surface area contributed by atoms with Crippen molar-refractivity contribution in [2.45, 2.75) is 6.92 Å². The molecule has 0 unspecified atom stereocenters. The molecule has 8 heteroatoms. The zero-order valence-electron chi connectivity index (χ0n) is 14.0. The van der Waals surface area contributed by atoms with Crippen LogP contribution in [0.15, 0.2) is 41.3 Å². The van der Waals surface area contributed by atoms with Crippen molar-refractivity contribution in [3.8, 4) is 5.69 Å². The monoisotopic (exact) mass is 377 g/mol. The number of para-hydroxylation sites is 1. The fraction of sp³-hybridized carbons (Fsp3) is 0.353. The summed E-state index contributed by atoms with van der Waals surface area (Å²) in [5.41, 5.74) is 1.06. The lowest BCUT2D eigenvalue weighted by Crippen LogP contribution is -2.52. The number of anilines is 1. The highest BCUT2D eigenvalue weighted by Gasteiger charge is 2.22. The van der Waals surface area contributed by atoms with Gasteiger partial charge in [-0.3, -0.25) is 4.79 Å². The number of aromatic nitrogens is 2. The molecule has 2 aromatic rings. The summed E-state index contributed by atoms with van der Waals surface area (Å²) in [5.74, 6) is 0. The molecular weight excluding hydrogens is 358 g/mol. The molecule has 0 aliphatic carbocycles. The summed E-state index contributed by atoms with van der Waals surface area (Å²) in [5, 5.41) is 8.42. The Morgan fingerprint density at radius 3 is 2.56 bits per heavy atom. The van der Waals surface area contributed by atoms with Gasteiger partial charge in [0.25, 0.3) is 5.56 Å². The molecule has 0 spiro atoms. The first-order chi connectivity index (χ1) is 12.1. The fourth-order valence-corrected chi connectivity index (χ4v) is 3.39. The van der Waals surface area contributed by atoms with Crippen LogP contribution in [0.5, 0.6) is 0 Å². The van der Waals surface area contributed by atoms with E-state index in [2.05, 4.69) is 20.2 Å². The molecule has 1 fully saturated rings. The largest absolute Gasteiger partial charge is 0.365 e. The lowest BCUT2D eigenvalue weighted by Gasteiger charge is -2.37. The number of nitrogens with one attached hydrogen (secondary N) is 1. The van der Waals surface area contributed by atoms with E-state index < -0.39 is 0 Å². The number of nitrogens with zero attached hydrogens (tertiary/aromatic N) is 4. The molecule has 3 rings (SSSR count). The number of rotatable bonds is 3. The van der Waals surface area contributed by atoms with Crippen LogP contribution in [0.4, 0.5) is 5.69 Å². The van der Waals surface area contributed by atoms with Gasteiger partial charge in [0.1, 0.15) is 5.02 Å². The van der Waals surface area contributed by atoms with Crippen LogP contribution >= 0.6 is 23.8 Å². The average molecular weight is 378 g/mol. The van der Waals surface area contributed by atoms with E-state index in [0.717, 1.165) is 37.8 Å². The van der Waals surface area contributed by atoms with Gasteiger partial charge in [0, 0.05) is 32.7 Å². The molecule has 0 atom stereocenters. The van der Waals surface area contributed by atoms with Crippen LogP contribution in [0.3, 0.4) is 0 Å². The predicted octanol–water partition coefficient (Wildman–Crippen LogP) is 1.90. The smallest absolute Gasteiger partial charge is 0.292 e. The number of hydrogen-bond donors (Lipinski definition) is 1. The van der Waals surface area contributed by atoms with Gasteiger partial charge in [0.2, 0.25) is 0 Å². The quantitative estimate of drug-likeness (QED) is 0.824. The van der Waals surface area contributed by atoms with Gasteiger partial charge in [0.15, 0.2) is 5.11 Å². The van der Waals surface area contributed by atoms with Crippen LogP contribution in [-0.2, 0) is 0 Å². The van der Waals surface area contributed by atoms with E-state index in [-0.39, 0.29) is 10.6 Å². The van der Waals surface area contributed by atoms with E-state index in [4.69, 9.17) is 23.8 Å². The highest BCUT2D eigenvalue weighted by molar-refractivity contribution is 7.80. The third-order valence-electron chi connectivity index (χ3n) is 4.14. The van der Waals surface area contributed by atoms with Crippen molar-refractivity contribution in [2.75, 3.05) is 37.6 Å². The van der Waals surface area contributed by atoms with Crippen LogP contribution in [0.25, 0.3) is 5.69 Å². The van der Waals surface area contributed by atoms with E-state index in [0.29, 0.717) is 11.4 Å². The molecule has 1 saturated heterocycles. The zero-order chi connectivity index (χ0) is 17.8. The summed E-state index contributed by atoms with van der Waals surface area (Å²) in [6, 6.07) is 9.26. The third kappa shape index (κ3) is 3.77.